The zero-order valence-electron chi connectivity index (χ0n) is 20.3. The number of hydrogen-bond donors (Lipinski definition) is 3. The van der Waals surface area contributed by atoms with Gasteiger partial charge in [0.1, 0.15) is 18.1 Å². The minimum absolute atomic E-state index is 0.113. The maximum atomic E-state index is 13.0. The van der Waals surface area contributed by atoms with Crippen molar-refractivity contribution in [3.63, 3.8) is 0 Å². The number of esters is 1. The summed E-state index contributed by atoms with van der Waals surface area (Å²) in [6, 6.07) is -3.39. The average Bonchev–Trinajstić information content (AvgIpc) is 3.29. The highest BCUT2D eigenvalue weighted by Gasteiger charge is 2.38. The average molecular weight is 503 g/mol. The molecule has 1 saturated heterocycles. The number of nitrogens with zero attached hydrogens (tertiary/aromatic N) is 1. The van der Waals surface area contributed by atoms with Gasteiger partial charge in [-0.25, -0.2) is 0 Å². The van der Waals surface area contributed by atoms with Crippen molar-refractivity contribution in [1.29, 1.82) is 0 Å². The van der Waals surface area contributed by atoms with Crippen LogP contribution in [0, 0.1) is 5.92 Å². The second kappa shape index (κ2) is 13.9. The highest BCUT2D eigenvalue weighted by Crippen LogP contribution is 2.19. The van der Waals surface area contributed by atoms with Gasteiger partial charge in [-0.15, -0.1) is 11.6 Å². The molecule has 3 N–H and O–H groups in total. The van der Waals surface area contributed by atoms with Crippen molar-refractivity contribution >= 4 is 47.0 Å². The lowest BCUT2D eigenvalue weighted by Gasteiger charge is -2.29. The van der Waals surface area contributed by atoms with Crippen molar-refractivity contribution in [1.82, 2.24) is 20.9 Å². The van der Waals surface area contributed by atoms with E-state index in [1.54, 1.807) is 13.8 Å². The fourth-order valence-electron chi connectivity index (χ4n) is 3.60. The van der Waals surface area contributed by atoms with Crippen LogP contribution in [0.3, 0.4) is 0 Å². The van der Waals surface area contributed by atoms with E-state index in [9.17, 15) is 28.8 Å². The van der Waals surface area contributed by atoms with E-state index in [0.29, 0.717) is 19.4 Å². The van der Waals surface area contributed by atoms with E-state index in [0.717, 1.165) is 0 Å². The maximum Gasteiger partial charge on any atom is 0.306 e. The maximum absolute atomic E-state index is 13.0. The molecule has 11 nitrogen and oxygen atoms in total. The van der Waals surface area contributed by atoms with Crippen LogP contribution in [0.25, 0.3) is 0 Å². The SMILES string of the molecule is COC(=O)CCC(=O)N[C@H](C)C(=O)N[C@H](C)C(=O)N1CCC[C@H]1C(=O)N[C@H](C(=O)CCl)C(C)C. The molecule has 0 spiro atoms. The number of halogens is 1. The number of carbonyl (C=O) groups excluding carboxylic acids is 6. The summed E-state index contributed by atoms with van der Waals surface area (Å²) in [5.74, 6) is -3.20. The number of ether oxygens (including phenoxy) is 1. The van der Waals surface area contributed by atoms with Gasteiger partial charge < -0.3 is 25.6 Å². The number of hydrogen-bond acceptors (Lipinski definition) is 7. The van der Waals surface area contributed by atoms with Crippen molar-refractivity contribution in [2.75, 3.05) is 19.5 Å². The minimum Gasteiger partial charge on any atom is -0.469 e. The van der Waals surface area contributed by atoms with Gasteiger partial charge in [0.2, 0.25) is 23.6 Å². The van der Waals surface area contributed by atoms with Crippen LogP contribution >= 0.6 is 11.6 Å². The van der Waals surface area contributed by atoms with E-state index >= 15 is 0 Å². The first-order chi connectivity index (χ1) is 15.9. The Labute approximate surface area is 204 Å². The monoisotopic (exact) mass is 502 g/mol. The first kappa shape index (κ1) is 29.3. The Balaban J connectivity index is 2.68. The van der Waals surface area contributed by atoms with Crippen molar-refractivity contribution in [3.8, 4) is 0 Å². The summed E-state index contributed by atoms with van der Waals surface area (Å²) >= 11 is 5.65. The number of alkyl halides is 1. The van der Waals surface area contributed by atoms with Gasteiger partial charge in [-0.3, -0.25) is 28.8 Å². The first-order valence-electron chi connectivity index (χ1n) is 11.3. The summed E-state index contributed by atoms with van der Waals surface area (Å²) in [7, 11) is 1.21. The van der Waals surface area contributed by atoms with Gasteiger partial charge >= 0.3 is 5.97 Å². The van der Waals surface area contributed by atoms with Crippen LogP contribution in [0.15, 0.2) is 0 Å². The Kier molecular flexibility index (Phi) is 12.0. The Morgan fingerprint density at radius 2 is 1.62 bits per heavy atom. The molecule has 1 aliphatic heterocycles. The van der Waals surface area contributed by atoms with Crippen LogP contribution in [0.2, 0.25) is 0 Å². The minimum atomic E-state index is -0.944. The summed E-state index contributed by atoms with van der Waals surface area (Å²) in [6.45, 7) is 6.87. The largest absolute Gasteiger partial charge is 0.469 e. The molecule has 192 valence electrons. The molecule has 1 fully saturated rings. The standard InChI is InChI=1S/C22H35ClN4O7/c1-12(2)19(16(28)11-23)26-21(32)15-7-6-10-27(15)22(33)14(4)25-20(31)13(3)24-17(29)8-9-18(30)34-5/h12-15,19H,6-11H2,1-5H3,(H,24,29)(H,25,31)(H,26,32)/t13-,14-,15+,19+/m1/s1. The van der Waals surface area contributed by atoms with Crippen LogP contribution < -0.4 is 16.0 Å². The predicted octanol–water partition coefficient (Wildman–Crippen LogP) is -0.111. The van der Waals surface area contributed by atoms with Crippen LogP contribution in [-0.2, 0) is 33.5 Å². The van der Waals surface area contributed by atoms with E-state index in [4.69, 9.17) is 11.6 Å². The van der Waals surface area contributed by atoms with E-state index in [1.165, 1.54) is 25.9 Å². The summed E-state index contributed by atoms with van der Waals surface area (Å²) in [5.41, 5.74) is 0. The van der Waals surface area contributed by atoms with Crippen LogP contribution in [-0.4, -0.2) is 84.0 Å². The molecule has 1 heterocycles. The lowest BCUT2D eigenvalue weighted by molar-refractivity contribution is -0.142. The normalized spacial score (nSPS) is 18.0. The van der Waals surface area contributed by atoms with Gasteiger partial charge in [0.25, 0.3) is 0 Å². The number of rotatable bonds is 12. The quantitative estimate of drug-likeness (QED) is 0.249. The van der Waals surface area contributed by atoms with Gasteiger partial charge in [-0.2, -0.15) is 0 Å². The molecule has 0 aromatic carbocycles. The molecular formula is C22H35ClN4O7. The fraction of sp³-hybridized carbons (Fsp3) is 0.727. The lowest BCUT2D eigenvalue weighted by Crippen LogP contribution is -2.56. The molecule has 4 atom stereocenters. The molecule has 0 aliphatic carbocycles. The number of Topliss-reactive ketones (excluding diaryl/α,β-unsaturated/α-hetero) is 1. The zero-order chi connectivity index (χ0) is 26.0. The molecule has 0 aromatic heterocycles. The van der Waals surface area contributed by atoms with Gasteiger partial charge in [0.15, 0.2) is 5.78 Å². The number of carbonyl (C=O) groups is 6. The molecule has 1 rings (SSSR count). The number of amides is 4. The number of likely N-dealkylation sites (tertiary alicyclic amines) is 1. The zero-order valence-corrected chi connectivity index (χ0v) is 21.1. The first-order valence-corrected chi connectivity index (χ1v) is 11.8. The molecule has 12 heteroatoms. The predicted molar refractivity (Wildman–Crippen MR) is 124 cm³/mol. The Bertz CT molecular complexity index is 789. The molecule has 0 radical (unpaired) electrons. The van der Waals surface area contributed by atoms with E-state index < -0.39 is 53.8 Å². The Morgan fingerprint density at radius 1 is 0.971 bits per heavy atom. The molecule has 0 unspecified atom stereocenters. The summed E-state index contributed by atoms with van der Waals surface area (Å²) in [5, 5.41) is 7.70. The highest BCUT2D eigenvalue weighted by molar-refractivity contribution is 6.28. The number of nitrogens with one attached hydrogen (secondary N) is 3. The molecule has 4 amide bonds. The van der Waals surface area contributed by atoms with Crippen LogP contribution in [0.1, 0.15) is 53.4 Å². The van der Waals surface area contributed by atoms with Crippen molar-refractivity contribution in [3.05, 3.63) is 0 Å². The van der Waals surface area contributed by atoms with Crippen LogP contribution in [0.4, 0.5) is 0 Å². The van der Waals surface area contributed by atoms with Gasteiger partial charge in [-0.1, -0.05) is 13.8 Å². The van der Waals surface area contributed by atoms with E-state index in [1.807, 2.05) is 0 Å². The van der Waals surface area contributed by atoms with Gasteiger partial charge in [0.05, 0.1) is 25.5 Å². The summed E-state index contributed by atoms with van der Waals surface area (Å²) < 4.78 is 4.46. The van der Waals surface area contributed by atoms with Crippen molar-refractivity contribution in [2.45, 2.75) is 77.5 Å². The Hall–Kier alpha value is -2.69. The lowest BCUT2D eigenvalue weighted by atomic mass is 10.00. The van der Waals surface area contributed by atoms with Crippen molar-refractivity contribution in [2.24, 2.45) is 5.92 Å². The van der Waals surface area contributed by atoms with Crippen LogP contribution in [0.5, 0.6) is 0 Å². The third-order valence-corrected chi connectivity index (χ3v) is 5.83. The fourth-order valence-corrected chi connectivity index (χ4v) is 3.77. The summed E-state index contributed by atoms with van der Waals surface area (Å²) in [6.07, 6.45) is 0.794. The molecule has 34 heavy (non-hydrogen) atoms. The topological polar surface area (TPSA) is 151 Å². The third kappa shape index (κ3) is 8.58. The van der Waals surface area contributed by atoms with Gasteiger partial charge in [0, 0.05) is 13.0 Å². The smallest absolute Gasteiger partial charge is 0.306 e. The second-order valence-electron chi connectivity index (χ2n) is 8.62. The highest BCUT2D eigenvalue weighted by atomic mass is 35.5. The number of methoxy groups -OCH3 is 1. The van der Waals surface area contributed by atoms with E-state index in [-0.39, 0.29) is 30.4 Å². The third-order valence-electron chi connectivity index (χ3n) is 5.57. The molecule has 0 aromatic rings. The Morgan fingerprint density at radius 3 is 2.18 bits per heavy atom. The molecular weight excluding hydrogens is 468 g/mol. The van der Waals surface area contributed by atoms with Gasteiger partial charge in [-0.05, 0) is 32.6 Å². The molecule has 1 aliphatic rings. The molecule has 0 bridgehead atoms. The number of ketones is 1. The van der Waals surface area contributed by atoms with E-state index in [2.05, 4.69) is 20.7 Å². The van der Waals surface area contributed by atoms with Crippen molar-refractivity contribution < 1.29 is 33.5 Å². The molecule has 0 saturated carbocycles. The second-order valence-corrected chi connectivity index (χ2v) is 8.88. The summed E-state index contributed by atoms with van der Waals surface area (Å²) in [4.78, 5) is 74.7.